The summed E-state index contributed by atoms with van der Waals surface area (Å²) in [6, 6.07) is 102. The van der Waals surface area contributed by atoms with Gasteiger partial charge in [0.25, 0.3) is 0 Å². The minimum absolute atomic E-state index is 0.134. The summed E-state index contributed by atoms with van der Waals surface area (Å²) in [5, 5.41) is 0. The van der Waals surface area contributed by atoms with Crippen LogP contribution in [0.15, 0.2) is 273 Å². The molecule has 0 bridgehead atoms. The monoisotopic (exact) mass is 917 g/mol. The fourth-order valence-corrected chi connectivity index (χ4v) is 13.4. The third kappa shape index (κ3) is 5.89. The minimum Gasteiger partial charge on any atom is -0.310 e. The van der Waals surface area contributed by atoms with Crippen LogP contribution in [0.4, 0.5) is 17.1 Å². The first-order valence-electron chi connectivity index (χ1n) is 25.3. The first kappa shape index (κ1) is 42.1. The van der Waals surface area contributed by atoms with Crippen molar-refractivity contribution in [3.63, 3.8) is 0 Å². The highest BCUT2D eigenvalue weighted by atomic mass is 15.1. The van der Waals surface area contributed by atoms with Crippen LogP contribution in [0.2, 0.25) is 0 Å². The Hall–Kier alpha value is -8.78. The van der Waals surface area contributed by atoms with Crippen molar-refractivity contribution in [3.8, 4) is 44.5 Å². The predicted octanol–water partition coefficient (Wildman–Crippen LogP) is 17.9. The molecular weight excluding hydrogens is 867 g/mol. The topological polar surface area (TPSA) is 3.24 Å². The van der Waals surface area contributed by atoms with Crippen LogP contribution >= 0.6 is 0 Å². The van der Waals surface area contributed by atoms with E-state index in [9.17, 15) is 0 Å². The second-order valence-electron chi connectivity index (χ2n) is 20.3. The summed E-state index contributed by atoms with van der Waals surface area (Å²) in [5.41, 5.74) is 25.3. The lowest BCUT2D eigenvalue weighted by Gasteiger charge is -2.50. The fourth-order valence-electron chi connectivity index (χ4n) is 13.4. The molecule has 3 aliphatic carbocycles. The van der Waals surface area contributed by atoms with Crippen molar-refractivity contribution in [3.05, 3.63) is 329 Å². The van der Waals surface area contributed by atoms with Gasteiger partial charge in [-0.05, 0) is 131 Å². The van der Waals surface area contributed by atoms with Crippen molar-refractivity contribution in [2.75, 3.05) is 4.90 Å². The van der Waals surface area contributed by atoms with Crippen molar-refractivity contribution in [1.29, 1.82) is 0 Å². The summed E-state index contributed by atoms with van der Waals surface area (Å²) in [6.07, 6.45) is 0. The summed E-state index contributed by atoms with van der Waals surface area (Å²) in [5.74, 6) is 0. The smallest absolute Gasteiger partial charge is 0.0720 e. The Bertz CT molecular complexity index is 3790. The molecule has 0 fully saturated rings. The molecule has 0 radical (unpaired) electrons. The molecule has 1 heteroatoms. The highest BCUT2D eigenvalue weighted by Crippen LogP contribution is 2.65. The second-order valence-corrected chi connectivity index (χ2v) is 20.3. The Balaban J connectivity index is 0.950. The molecule has 0 amide bonds. The van der Waals surface area contributed by atoms with Gasteiger partial charge in [0.05, 0.1) is 16.5 Å². The van der Waals surface area contributed by atoms with Crippen LogP contribution in [0.25, 0.3) is 44.5 Å². The highest BCUT2D eigenvalue weighted by Gasteiger charge is 2.56. The highest BCUT2D eigenvalue weighted by molar-refractivity contribution is 5.93. The van der Waals surface area contributed by atoms with Crippen molar-refractivity contribution in [1.82, 2.24) is 0 Å². The first-order chi connectivity index (χ1) is 35.5. The standard InChI is InChI=1S/C71H51N/c1-69(2)60-31-15-12-29-56(60)58-45-43-54(47-66(58)69)72(68-37-21-14-28-55(68)49-22-6-3-7-23-49)53-41-38-48(39-42-53)50-40-44-59-57-30-13-16-32-61(57)71(67(59)46-50)64-35-19-17-33-62(64)70(51-24-8-4-9-25-51,52-26-10-5-11-27-52)63-34-18-20-36-65(63)71/h3-47H,1-2H3. The third-order valence-corrected chi connectivity index (χ3v) is 16.4. The fraction of sp³-hybridized carbons (Fsp3) is 0.0704. The Labute approximate surface area is 423 Å². The van der Waals surface area contributed by atoms with Crippen LogP contribution in [0, 0.1) is 0 Å². The zero-order valence-corrected chi connectivity index (χ0v) is 40.4. The van der Waals surface area contributed by atoms with Crippen molar-refractivity contribution in [2.45, 2.75) is 30.1 Å². The normalized spacial score (nSPS) is 14.6. The van der Waals surface area contributed by atoms with Gasteiger partial charge in [-0.3, -0.25) is 0 Å². The van der Waals surface area contributed by atoms with E-state index in [0.29, 0.717) is 0 Å². The average Bonchev–Trinajstić information content (AvgIpc) is 3.87. The van der Waals surface area contributed by atoms with Crippen LogP contribution in [0.1, 0.15) is 69.5 Å². The van der Waals surface area contributed by atoms with E-state index in [1.807, 2.05) is 0 Å². The molecule has 3 aliphatic rings. The number of hydrogen-bond acceptors (Lipinski definition) is 1. The largest absolute Gasteiger partial charge is 0.310 e. The van der Waals surface area contributed by atoms with Gasteiger partial charge in [-0.25, -0.2) is 0 Å². The van der Waals surface area contributed by atoms with E-state index < -0.39 is 10.8 Å². The molecule has 0 heterocycles. The lowest BCUT2D eigenvalue weighted by molar-refractivity contribution is 0.624. The van der Waals surface area contributed by atoms with Crippen molar-refractivity contribution >= 4 is 17.1 Å². The molecule has 0 aromatic heterocycles. The molecule has 11 aromatic rings. The van der Waals surface area contributed by atoms with Gasteiger partial charge in [-0.15, -0.1) is 0 Å². The summed E-state index contributed by atoms with van der Waals surface area (Å²) in [4.78, 5) is 2.46. The van der Waals surface area contributed by atoms with Gasteiger partial charge >= 0.3 is 0 Å². The van der Waals surface area contributed by atoms with E-state index in [1.165, 1.54) is 100 Å². The molecule has 0 atom stereocenters. The number of fused-ring (bicyclic) bond motifs is 12. The molecule has 11 aromatic carbocycles. The Morgan fingerprint density at radius 2 is 0.667 bits per heavy atom. The minimum atomic E-state index is -0.568. The number of hydrogen-bond donors (Lipinski definition) is 0. The van der Waals surface area contributed by atoms with E-state index in [1.54, 1.807) is 0 Å². The molecule has 0 saturated carbocycles. The number of rotatable bonds is 7. The molecule has 1 spiro atoms. The maximum absolute atomic E-state index is 2.51. The van der Waals surface area contributed by atoms with E-state index in [-0.39, 0.29) is 5.41 Å². The average molecular weight is 918 g/mol. The predicted molar refractivity (Wildman–Crippen MR) is 299 cm³/mol. The van der Waals surface area contributed by atoms with Crippen LogP contribution in [-0.2, 0) is 16.2 Å². The molecule has 72 heavy (non-hydrogen) atoms. The van der Waals surface area contributed by atoms with Gasteiger partial charge in [-0.2, -0.15) is 0 Å². The summed E-state index contributed by atoms with van der Waals surface area (Å²) >= 11 is 0. The van der Waals surface area contributed by atoms with Gasteiger partial charge in [0.1, 0.15) is 0 Å². The van der Waals surface area contributed by atoms with Gasteiger partial charge in [0, 0.05) is 22.4 Å². The van der Waals surface area contributed by atoms with E-state index in [2.05, 4.69) is 292 Å². The van der Waals surface area contributed by atoms with E-state index >= 15 is 0 Å². The molecule has 14 rings (SSSR count). The lowest BCUT2D eigenvalue weighted by atomic mass is 9.51. The van der Waals surface area contributed by atoms with Crippen LogP contribution in [-0.4, -0.2) is 0 Å². The Morgan fingerprint density at radius 3 is 1.28 bits per heavy atom. The summed E-state index contributed by atoms with van der Waals surface area (Å²) < 4.78 is 0. The number of para-hydroxylation sites is 1. The Morgan fingerprint density at radius 1 is 0.250 bits per heavy atom. The Kier molecular flexibility index (Phi) is 9.44. The number of anilines is 3. The molecule has 0 aliphatic heterocycles. The molecule has 340 valence electrons. The van der Waals surface area contributed by atoms with Gasteiger partial charge in [0.2, 0.25) is 0 Å². The van der Waals surface area contributed by atoms with Gasteiger partial charge in [0.15, 0.2) is 0 Å². The molecule has 1 nitrogen and oxygen atoms in total. The second kappa shape index (κ2) is 16.1. The van der Waals surface area contributed by atoms with Crippen LogP contribution in [0.5, 0.6) is 0 Å². The van der Waals surface area contributed by atoms with Crippen molar-refractivity contribution in [2.24, 2.45) is 0 Å². The van der Waals surface area contributed by atoms with Crippen LogP contribution < -0.4 is 4.90 Å². The summed E-state index contributed by atoms with van der Waals surface area (Å²) in [6.45, 7) is 4.73. The summed E-state index contributed by atoms with van der Waals surface area (Å²) in [7, 11) is 0. The molecule has 0 N–H and O–H groups in total. The molecule has 0 unspecified atom stereocenters. The van der Waals surface area contributed by atoms with E-state index in [4.69, 9.17) is 0 Å². The van der Waals surface area contributed by atoms with Gasteiger partial charge < -0.3 is 4.90 Å². The zero-order valence-electron chi connectivity index (χ0n) is 40.4. The quantitative estimate of drug-likeness (QED) is 0.154. The number of benzene rings is 11. The first-order valence-corrected chi connectivity index (χ1v) is 25.3. The van der Waals surface area contributed by atoms with Gasteiger partial charge in [-0.1, -0.05) is 250 Å². The van der Waals surface area contributed by atoms with Crippen molar-refractivity contribution < 1.29 is 0 Å². The molecular formula is C71H51N. The maximum atomic E-state index is 2.51. The molecule has 0 saturated heterocycles. The maximum Gasteiger partial charge on any atom is 0.0720 e. The number of nitrogens with zero attached hydrogens (tertiary/aromatic N) is 1. The SMILES string of the molecule is CC1(C)c2ccccc2-c2ccc(N(c3ccc(-c4ccc5c(c4)C4(c6ccccc6-5)c5ccccc5C(c5ccccc5)(c5ccccc5)c5ccccc54)cc3)c3ccccc3-c3ccccc3)cc21. The lowest BCUT2D eigenvalue weighted by Crippen LogP contribution is -2.44. The third-order valence-electron chi connectivity index (χ3n) is 16.4. The van der Waals surface area contributed by atoms with E-state index in [0.717, 1.165) is 17.1 Å². The zero-order chi connectivity index (χ0) is 48.0. The van der Waals surface area contributed by atoms with Crippen LogP contribution in [0.3, 0.4) is 0 Å².